The van der Waals surface area contributed by atoms with Crippen LogP contribution in [0.15, 0.2) is 17.0 Å². The third-order valence-electron chi connectivity index (χ3n) is 1.98. The number of carbonyl (C=O) groups is 1. The van der Waals surface area contributed by atoms with Crippen molar-refractivity contribution in [2.75, 3.05) is 11.4 Å². The summed E-state index contributed by atoms with van der Waals surface area (Å²) in [4.78, 5) is 21.4. The Labute approximate surface area is 98.0 Å². The van der Waals surface area contributed by atoms with Crippen molar-refractivity contribution in [1.29, 1.82) is 0 Å². The van der Waals surface area contributed by atoms with Gasteiger partial charge in [0.15, 0.2) is 5.82 Å². The average Bonchev–Trinajstić information content (AvgIpc) is 2.46. The molecule has 1 unspecified atom stereocenters. The van der Waals surface area contributed by atoms with Gasteiger partial charge in [0.1, 0.15) is 6.33 Å². The Morgan fingerprint density at radius 2 is 2.36 bits per heavy atom. The van der Waals surface area contributed by atoms with Gasteiger partial charge >= 0.3 is 0 Å². The molecule has 74 valence electrons. The molecule has 0 bridgehead atoms. The van der Waals surface area contributed by atoms with E-state index in [4.69, 9.17) is 0 Å². The topological polar surface area (TPSA) is 46.1 Å². The van der Waals surface area contributed by atoms with Crippen molar-refractivity contribution >= 4 is 43.6 Å². The van der Waals surface area contributed by atoms with Gasteiger partial charge in [0.25, 0.3) is 0 Å². The highest BCUT2D eigenvalue weighted by Crippen LogP contribution is 2.28. The van der Waals surface area contributed by atoms with E-state index < -0.39 is 0 Å². The molecule has 1 saturated heterocycles. The molecule has 0 spiro atoms. The lowest BCUT2D eigenvalue weighted by molar-refractivity contribution is -0.117. The molecule has 6 heteroatoms. The van der Waals surface area contributed by atoms with Crippen molar-refractivity contribution in [3.05, 3.63) is 17.0 Å². The van der Waals surface area contributed by atoms with Gasteiger partial charge in [-0.2, -0.15) is 0 Å². The molecule has 1 aliphatic rings. The van der Waals surface area contributed by atoms with Crippen molar-refractivity contribution in [3.63, 3.8) is 0 Å². The second-order valence-electron chi connectivity index (χ2n) is 3.00. The van der Waals surface area contributed by atoms with E-state index in [9.17, 15) is 4.79 Å². The van der Waals surface area contributed by atoms with Crippen molar-refractivity contribution in [3.8, 4) is 0 Å². The smallest absolute Gasteiger partial charge is 0.229 e. The second kappa shape index (κ2) is 3.94. The fourth-order valence-electron chi connectivity index (χ4n) is 1.37. The minimum absolute atomic E-state index is 0.0891. The first-order chi connectivity index (χ1) is 6.68. The van der Waals surface area contributed by atoms with Gasteiger partial charge in [-0.25, -0.2) is 9.97 Å². The van der Waals surface area contributed by atoms with Gasteiger partial charge in [0, 0.05) is 24.0 Å². The Kier molecular flexibility index (Phi) is 2.83. The molecule has 0 aliphatic carbocycles. The van der Waals surface area contributed by atoms with Gasteiger partial charge in [0.2, 0.25) is 5.91 Å². The Hall–Kier alpha value is -0.490. The number of halogens is 2. The molecule has 2 rings (SSSR count). The van der Waals surface area contributed by atoms with Crippen LogP contribution in [0.3, 0.4) is 0 Å². The predicted molar refractivity (Wildman–Crippen MR) is 59.4 cm³/mol. The van der Waals surface area contributed by atoms with Crippen LogP contribution in [0.2, 0.25) is 0 Å². The summed E-state index contributed by atoms with van der Waals surface area (Å²) >= 11 is 6.74. The van der Waals surface area contributed by atoms with E-state index in [1.807, 2.05) is 0 Å². The molecular formula is C8H7Br2N3O. The van der Waals surface area contributed by atoms with Crippen molar-refractivity contribution < 1.29 is 4.79 Å². The zero-order valence-electron chi connectivity index (χ0n) is 7.15. The van der Waals surface area contributed by atoms with Crippen LogP contribution in [-0.4, -0.2) is 27.2 Å². The summed E-state index contributed by atoms with van der Waals surface area (Å²) in [5.41, 5.74) is 0. The second-order valence-corrected chi connectivity index (χ2v) is 5.15. The first kappa shape index (κ1) is 10.0. The standard InChI is InChI=1S/C8H7Br2N3O/c9-5-1-7(14)13(3-5)8-6(10)2-11-4-12-8/h2,4-5H,1,3H2. The van der Waals surface area contributed by atoms with Crippen LogP contribution in [0.1, 0.15) is 6.42 Å². The number of alkyl halides is 1. The van der Waals surface area contributed by atoms with Crippen LogP contribution in [0.5, 0.6) is 0 Å². The summed E-state index contributed by atoms with van der Waals surface area (Å²) in [6, 6.07) is 0. The number of hydrogen-bond acceptors (Lipinski definition) is 3. The highest BCUT2D eigenvalue weighted by molar-refractivity contribution is 9.10. The number of hydrogen-bond donors (Lipinski definition) is 0. The number of aromatic nitrogens is 2. The van der Waals surface area contributed by atoms with Crippen LogP contribution in [0.4, 0.5) is 5.82 Å². The first-order valence-corrected chi connectivity index (χ1v) is 5.79. The normalized spacial score (nSPS) is 21.7. The Bertz CT molecular complexity index is 371. The maximum absolute atomic E-state index is 11.6. The molecule has 1 aromatic rings. The molecule has 0 aromatic carbocycles. The zero-order chi connectivity index (χ0) is 10.1. The SMILES string of the molecule is O=C1CC(Br)CN1c1ncncc1Br. The van der Waals surface area contributed by atoms with Crippen LogP contribution in [0, 0.1) is 0 Å². The van der Waals surface area contributed by atoms with Gasteiger partial charge in [0.05, 0.1) is 4.47 Å². The molecule has 0 N–H and O–H groups in total. The minimum atomic E-state index is 0.0891. The van der Waals surface area contributed by atoms with E-state index in [1.165, 1.54) is 6.33 Å². The number of anilines is 1. The lowest BCUT2D eigenvalue weighted by Gasteiger charge is -2.15. The van der Waals surface area contributed by atoms with E-state index in [0.717, 1.165) is 4.47 Å². The molecule has 1 aromatic heterocycles. The van der Waals surface area contributed by atoms with Crippen molar-refractivity contribution in [2.45, 2.75) is 11.2 Å². The van der Waals surface area contributed by atoms with E-state index in [2.05, 4.69) is 41.8 Å². The fraction of sp³-hybridized carbons (Fsp3) is 0.375. The summed E-state index contributed by atoms with van der Waals surface area (Å²) < 4.78 is 0.745. The van der Waals surface area contributed by atoms with E-state index in [-0.39, 0.29) is 10.7 Å². The Morgan fingerprint density at radius 3 is 2.93 bits per heavy atom. The first-order valence-electron chi connectivity index (χ1n) is 4.08. The molecule has 4 nitrogen and oxygen atoms in total. The summed E-state index contributed by atoms with van der Waals surface area (Å²) in [5, 5.41) is 0. The third-order valence-corrected chi connectivity index (χ3v) is 3.15. The van der Waals surface area contributed by atoms with Crippen LogP contribution in [0.25, 0.3) is 0 Å². The molecule has 1 amide bonds. The van der Waals surface area contributed by atoms with Crippen molar-refractivity contribution in [2.24, 2.45) is 0 Å². The van der Waals surface area contributed by atoms with Crippen LogP contribution in [-0.2, 0) is 4.79 Å². The lowest BCUT2D eigenvalue weighted by atomic mass is 10.4. The molecule has 1 fully saturated rings. The molecule has 0 radical (unpaired) electrons. The number of amides is 1. The van der Waals surface area contributed by atoms with Gasteiger partial charge in [-0.15, -0.1) is 0 Å². The molecule has 1 aliphatic heterocycles. The maximum atomic E-state index is 11.6. The minimum Gasteiger partial charge on any atom is -0.295 e. The maximum Gasteiger partial charge on any atom is 0.229 e. The van der Waals surface area contributed by atoms with Gasteiger partial charge < -0.3 is 0 Å². The highest BCUT2D eigenvalue weighted by atomic mass is 79.9. The van der Waals surface area contributed by atoms with E-state index in [0.29, 0.717) is 18.8 Å². The molecule has 2 heterocycles. The molecule has 1 atom stereocenters. The lowest BCUT2D eigenvalue weighted by Crippen LogP contribution is -2.26. The van der Waals surface area contributed by atoms with E-state index >= 15 is 0 Å². The predicted octanol–water partition coefficient (Wildman–Crippen LogP) is 1.74. The average molecular weight is 321 g/mol. The van der Waals surface area contributed by atoms with Crippen LogP contribution < -0.4 is 4.90 Å². The number of rotatable bonds is 1. The summed E-state index contributed by atoms with van der Waals surface area (Å²) in [7, 11) is 0. The van der Waals surface area contributed by atoms with Gasteiger partial charge in [-0.3, -0.25) is 9.69 Å². The number of nitrogens with zero attached hydrogens (tertiary/aromatic N) is 3. The van der Waals surface area contributed by atoms with Crippen molar-refractivity contribution in [1.82, 2.24) is 9.97 Å². The van der Waals surface area contributed by atoms with Crippen LogP contribution >= 0.6 is 31.9 Å². The highest BCUT2D eigenvalue weighted by Gasteiger charge is 2.30. The fourth-order valence-corrected chi connectivity index (χ4v) is 2.37. The third kappa shape index (κ3) is 1.81. The number of carbonyl (C=O) groups excluding carboxylic acids is 1. The molecular weight excluding hydrogens is 314 g/mol. The monoisotopic (exact) mass is 319 g/mol. The van der Waals surface area contributed by atoms with E-state index in [1.54, 1.807) is 11.1 Å². The summed E-state index contributed by atoms with van der Waals surface area (Å²) in [6.45, 7) is 0.661. The quantitative estimate of drug-likeness (QED) is 0.740. The Morgan fingerprint density at radius 1 is 1.57 bits per heavy atom. The molecule has 0 saturated carbocycles. The van der Waals surface area contributed by atoms with Gasteiger partial charge in [-0.05, 0) is 15.9 Å². The molecule has 14 heavy (non-hydrogen) atoms. The van der Waals surface area contributed by atoms with Gasteiger partial charge in [-0.1, -0.05) is 15.9 Å². The zero-order valence-corrected chi connectivity index (χ0v) is 10.3. The Balaban J connectivity index is 2.32. The summed E-state index contributed by atoms with van der Waals surface area (Å²) in [5.74, 6) is 0.734. The largest absolute Gasteiger partial charge is 0.295 e. The summed E-state index contributed by atoms with van der Waals surface area (Å²) in [6.07, 6.45) is 3.60.